The molecule has 2 unspecified atom stereocenters. The minimum Gasteiger partial charge on any atom is -0.442 e. The Morgan fingerprint density at radius 3 is 2.64 bits per heavy atom. The van der Waals surface area contributed by atoms with Crippen LogP contribution in [0, 0.1) is 5.92 Å². The summed E-state index contributed by atoms with van der Waals surface area (Å²) in [6.07, 6.45) is 11.6. The van der Waals surface area contributed by atoms with Crippen LogP contribution in [-0.2, 0) is 21.3 Å². The number of ether oxygens (including phenoxy) is 2. The van der Waals surface area contributed by atoms with E-state index in [1.807, 2.05) is 40.9 Å². The van der Waals surface area contributed by atoms with E-state index in [2.05, 4.69) is 33.4 Å². The molecule has 0 spiro atoms. The van der Waals surface area contributed by atoms with Gasteiger partial charge in [-0.1, -0.05) is 23.7 Å². The molecule has 3 fully saturated rings. The second-order valence-electron chi connectivity index (χ2n) is 12.3. The first-order chi connectivity index (χ1) is 21.4. The number of methoxy groups -OCH3 is 1. The fourth-order valence-corrected chi connectivity index (χ4v) is 6.99. The number of pyridine rings is 1. The van der Waals surface area contributed by atoms with E-state index in [0.29, 0.717) is 37.1 Å². The van der Waals surface area contributed by atoms with Gasteiger partial charge in [-0.3, -0.25) is 14.7 Å². The molecule has 2 amide bonds. The van der Waals surface area contributed by atoms with Crippen LogP contribution in [0.3, 0.4) is 0 Å². The third-order valence-electron chi connectivity index (χ3n) is 9.40. The average molecular weight is 617 g/mol. The summed E-state index contributed by atoms with van der Waals surface area (Å²) in [4.78, 5) is 39.6. The summed E-state index contributed by atoms with van der Waals surface area (Å²) in [5.74, 6) is 0.314. The third kappa shape index (κ3) is 5.50. The Kier molecular flexibility index (Phi) is 7.68. The van der Waals surface area contributed by atoms with Crippen molar-refractivity contribution in [2.75, 3.05) is 39.9 Å². The normalized spacial score (nSPS) is 21.4. The molecule has 1 N–H and O–H groups in total. The summed E-state index contributed by atoms with van der Waals surface area (Å²) >= 11 is 6.66. The summed E-state index contributed by atoms with van der Waals surface area (Å²) < 4.78 is 13.1. The highest BCUT2D eigenvalue weighted by molar-refractivity contribution is 6.30. The molecule has 2 saturated carbocycles. The first kappa shape index (κ1) is 29.0. The molecule has 3 heterocycles. The topological polar surface area (TPSA) is 102 Å². The Morgan fingerprint density at radius 2 is 1.95 bits per heavy atom. The predicted octanol–water partition coefficient (Wildman–Crippen LogP) is 4.61. The first-order valence-electron chi connectivity index (χ1n) is 15.3. The zero-order valence-corrected chi connectivity index (χ0v) is 25.8. The number of piperazine rings is 1. The van der Waals surface area contributed by atoms with Gasteiger partial charge in [0.15, 0.2) is 0 Å². The van der Waals surface area contributed by atoms with Gasteiger partial charge in [0.05, 0.1) is 36.0 Å². The lowest BCUT2D eigenvalue weighted by molar-refractivity contribution is -0.125. The Hall–Kier alpha value is -3.73. The molecule has 3 aromatic rings. The van der Waals surface area contributed by atoms with Crippen molar-refractivity contribution in [2.24, 2.45) is 13.0 Å². The number of nitrogens with zero attached hydrogens (tertiary/aromatic N) is 5. The lowest BCUT2D eigenvalue weighted by Gasteiger charge is -2.40. The summed E-state index contributed by atoms with van der Waals surface area (Å²) in [7, 11) is 3.41. The van der Waals surface area contributed by atoms with E-state index in [9.17, 15) is 9.59 Å². The standard InChI is InChI=1S/C33H37ClN6O4/c1-38-20-35-18-27(38)30(37-28(41)19-43-2)26-16-21-4-3-11-36-29(21)31(24-8-7-23(34)17-25(24)26)39-12-14-40(15-13-39)32(42)44-33(9-10-33)22-5-6-22/h3-4,7-8,11,16-18,20,22,30-31H,5-6,9-10,12-15,19H2,1-2H3,(H,37,41). The van der Waals surface area contributed by atoms with E-state index >= 15 is 0 Å². The SMILES string of the molecule is COCC(=O)NC(C1=Cc2cccnc2C(N2CCN(C(=O)OC3(C4CC4)CC3)CC2)c2ccc(Cl)cc21)c1cncn1C. The number of halogens is 1. The largest absolute Gasteiger partial charge is 0.442 e. The van der Waals surface area contributed by atoms with Gasteiger partial charge in [-0.2, -0.15) is 0 Å². The number of aryl methyl sites for hydroxylation is 1. The van der Waals surface area contributed by atoms with E-state index in [4.69, 9.17) is 26.1 Å². The number of hydrogen-bond donors (Lipinski definition) is 1. The van der Waals surface area contributed by atoms with Gasteiger partial charge < -0.3 is 24.3 Å². The van der Waals surface area contributed by atoms with Crippen LogP contribution < -0.4 is 5.32 Å². The van der Waals surface area contributed by atoms with Gasteiger partial charge >= 0.3 is 6.09 Å². The van der Waals surface area contributed by atoms with Gasteiger partial charge in [0.2, 0.25) is 5.91 Å². The molecule has 10 nitrogen and oxygen atoms in total. The van der Waals surface area contributed by atoms with Gasteiger partial charge in [0, 0.05) is 51.6 Å². The third-order valence-corrected chi connectivity index (χ3v) is 9.63. The highest BCUT2D eigenvalue weighted by atomic mass is 35.5. The number of nitrogens with one attached hydrogen (secondary N) is 1. The number of carbonyl (C=O) groups is 2. The molecule has 4 aliphatic rings. The lowest BCUT2D eigenvalue weighted by atomic mass is 9.89. The van der Waals surface area contributed by atoms with Crippen molar-refractivity contribution < 1.29 is 19.1 Å². The van der Waals surface area contributed by atoms with E-state index in [0.717, 1.165) is 46.5 Å². The molecule has 3 aliphatic carbocycles. The van der Waals surface area contributed by atoms with Crippen LogP contribution >= 0.6 is 11.6 Å². The Morgan fingerprint density at radius 1 is 1.16 bits per heavy atom. The first-order valence-corrected chi connectivity index (χ1v) is 15.7. The maximum Gasteiger partial charge on any atom is 0.410 e. The molecule has 2 atom stereocenters. The molecule has 1 aliphatic heterocycles. The number of hydrogen-bond acceptors (Lipinski definition) is 7. The van der Waals surface area contributed by atoms with Gasteiger partial charge in [-0.25, -0.2) is 9.78 Å². The van der Waals surface area contributed by atoms with Gasteiger partial charge in [0.25, 0.3) is 0 Å². The van der Waals surface area contributed by atoms with Crippen LogP contribution in [0.1, 0.15) is 65.8 Å². The van der Waals surface area contributed by atoms with Crippen molar-refractivity contribution in [3.63, 3.8) is 0 Å². The van der Waals surface area contributed by atoms with Crippen LogP contribution in [0.5, 0.6) is 0 Å². The zero-order valence-electron chi connectivity index (χ0n) is 25.0. The van der Waals surface area contributed by atoms with Crippen molar-refractivity contribution in [2.45, 2.75) is 43.4 Å². The number of benzene rings is 1. The van der Waals surface area contributed by atoms with Crippen LogP contribution in [0.15, 0.2) is 49.1 Å². The minimum atomic E-state index is -0.526. The molecule has 11 heteroatoms. The molecule has 7 rings (SSSR count). The zero-order chi connectivity index (χ0) is 30.4. The van der Waals surface area contributed by atoms with Crippen LogP contribution in [0.4, 0.5) is 4.79 Å². The second-order valence-corrected chi connectivity index (χ2v) is 12.7. The number of rotatable bonds is 8. The molecule has 0 radical (unpaired) electrons. The van der Waals surface area contributed by atoms with Crippen molar-refractivity contribution in [1.29, 1.82) is 0 Å². The maximum absolute atomic E-state index is 13.2. The van der Waals surface area contributed by atoms with Gasteiger partial charge in [-0.15, -0.1) is 0 Å². The van der Waals surface area contributed by atoms with Crippen molar-refractivity contribution >= 4 is 35.3 Å². The number of fused-ring (bicyclic) bond motifs is 2. The Labute approximate surface area is 262 Å². The van der Waals surface area contributed by atoms with Crippen molar-refractivity contribution in [3.05, 3.63) is 82.2 Å². The Bertz CT molecular complexity index is 1600. The van der Waals surface area contributed by atoms with E-state index < -0.39 is 6.04 Å². The summed E-state index contributed by atoms with van der Waals surface area (Å²) in [6.45, 7) is 2.41. The lowest BCUT2D eigenvalue weighted by Crippen LogP contribution is -2.51. The monoisotopic (exact) mass is 616 g/mol. The number of aromatic nitrogens is 3. The van der Waals surface area contributed by atoms with Crippen LogP contribution in [-0.4, -0.2) is 81.8 Å². The van der Waals surface area contributed by atoms with Gasteiger partial charge in [0.1, 0.15) is 12.2 Å². The number of amides is 2. The van der Waals surface area contributed by atoms with Crippen molar-refractivity contribution in [3.8, 4) is 0 Å². The molecule has 230 valence electrons. The van der Waals surface area contributed by atoms with Crippen molar-refractivity contribution in [1.82, 2.24) is 29.7 Å². The molecule has 1 saturated heterocycles. The quantitative estimate of drug-likeness (QED) is 0.394. The second kappa shape index (κ2) is 11.6. The van der Waals surface area contributed by atoms with E-state index in [1.54, 1.807) is 12.5 Å². The maximum atomic E-state index is 13.2. The van der Waals surface area contributed by atoms with E-state index in [-0.39, 0.29) is 30.3 Å². The fraction of sp³-hybridized carbons (Fsp3) is 0.455. The highest BCUT2D eigenvalue weighted by Gasteiger charge is 2.58. The molecule has 44 heavy (non-hydrogen) atoms. The number of imidazole rings is 1. The molecule has 1 aromatic carbocycles. The molecular weight excluding hydrogens is 580 g/mol. The van der Waals surface area contributed by atoms with E-state index in [1.165, 1.54) is 20.0 Å². The molecule has 0 bridgehead atoms. The number of carbonyl (C=O) groups excluding carboxylic acids is 2. The summed E-state index contributed by atoms with van der Waals surface area (Å²) in [6, 6.07) is 9.20. The predicted molar refractivity (Wildman–Crippen MR) is 166 cm³/mol. The minimum absolute atomic E-state index is 0.0701. The van der Waals surface area contributed by atoms with Crippen LogP contribution in [0.2, 0.25) is 5.02 Å². The highest BCUT2D eigenvalue weighted by Crippen LogP contribution is 2.56. The fourth-order valence-electron chi connectivity index (χ4n) is 6.82. The summed E-state index contributed by atoms with van der Waals surface area (Å²) in [5.41, 5.74) is 5.34. The molecular formula is C33H37ClN6O4. The Balaban J connectivity index is 1.23. The molecule has 2 aromatic heterocycles. The van der Waals surface area contributed by atoms with Crippen LogP contribution in [0.25, 0.3) is 11.6 Å². The smallest absolute Gasteiger partial charge is 0.410 e. The summed E-state index contributed by atoms with van der Waals surface area (Å²) in [5, 5.41) is 3.76. The van der Waals surface area contributed by atoms with Gasteiger partial charge in [-0.05, 0) is 78.1 Å². The average Bonchev–Trinajstić information content (AvgIpc) is 3.95.